The van der Waals surface area contributed by atoms with Crippen molar-refractivity contribution in [1.29, 1.82) is 0 Å². The van der Waals surface area contributed by atoms with Crippen LogP contribution in [0.4, 0.5) is 0 Å². The van der Waals surface area contributed by atoms with E-state index in [9.17, 15) is 9.59 Å². The summed E-state index contributed by atoms with van der Waals surface area (Å²) in [4.78, 5) is 26.3. The maximum Gasteiger partial charge on any atom is 0.257 e. The standard InChI is InChI=1S/C14H13ClN2O2/c15-14(19)11-7-17-12-2-1-8(5-10(12)13(11)18)9-3-4-16-6-9/h1-2,5,7,9,16H,3-4,6H2,(H,17,18). The SMILES string of the molecule is O=C(Cl)c1c[nH]c2ccc(C3CCNC3)cc2c1=O. The zero-order valence-electron chi connectivity index (χ0n) is 10.2. The van der Waals surface area contributed by atoms with E-state index in [0.717, 1.165) is 30.6 Å². The van der Waals surface area contributed by atoms with Crippen LogP contribution in [0, 0.1) is 0 Å². The average molecular weight is 277 g/mol. The summed E-state index contributed by atoms with van der Waals surface area (Å²) in [6.07, 6.45) is 2.44. The van der Waals surface area contributed by atoms with E-state index in [1.54, 1.807) is 0 Å². The number of fused-ring (bicyclic) bond motifs is 1. The molecule has 5 heteroatoms. The molecule has 1 aromatic heterocycles. The minimum atomic E-state index is -0.726. The molecule has 0 saturated carbocycles. The third kappa shape index (κ3) is 2.17. The molecule has 2 aromatic rings. The van der Waals surface area contributed by atoms with Gasteiger partial charge in [0.05, 0.1) is 5.56 Å². The van der Waals surface area contributed by atoms with Crippen LogP contribution < -0.4 is 10.7 Å². The zero-order chi connectivity index (χ0) is 13.4. The van der Waals surface area contributed by atoms with Gasteiger partial charge in [0, 0.05) is 23.6 Å². The van der Waals surface area contributed by atoms with E-state index in [2.05, 4.69) is 10.3 Å². The highest BCUT2D eigenvalue weighted by Crippen LogP contribution is 2.24. The van der Waals surface area contributed by atoms with Crippen molar-refractivity contribution in [3.8, 4) is 0 Å². The number of nitrogens with one attached hydrogen (secondary N) is 2. The lowest BCUT2D eigenvalue weighted by Crippen LogP contribution is -2.13. The van der Waals surface area contributed by atoms with Crippen LogP contribution in [0.2, 0.25) is 0 Å². The summed E-state index contributed by atoms with van der Waals surface area (Å²) in [6.45, 7) is 1.93. The third-order valence-electron chi connectivity index (χ3n) is 3.65. The van der Waals surface area contributed by atoms with Crippen LogP contribution in [0.1, 0.15) is 28.3 Å². The number of halogens is 1. The Morgan fingerprint density at radius 1 is 1.37 bits per heavy atom. The molecule has 2 heterocycles. The van der Waals surface area contributed by atoms with Crippen LogP contribution in [0.25, 0.3) is 10.9 Å². The van der Waals surface area contributed by atoms with Gasteiger partial charge in [0.25, 0.3) is 5.24 Å². The fourth-order valence-electron chi connectivity index (χ4n) is 2.58. The molecule has 1 aliphatic rings. The summed E-state index contributed by atoms with van der Waals surface area (Å²) in [5, 5.41) is 3.10. The van der Waals surface area contributed by atoms with E-state index in [1.807, 2.05) is 18.2 Å². The molecule has 1 unspecified atom stereocenters. The Kier molecular flexibility index (Phi) is 3.12. The maximum absolute atomic E-state index is 12.2. The van der Waals surface area contributed by atoms with Gasteiger partial charge in [-0.15, -0.1) is 0 Å². The van der Waals surface area contributed by atoms with E-state index in [4.69, 9.17) is 11.6 Å². The monoisotopic (exact) mass is 276 g/mol. The molecule has 19 heavy (non-hydrogen) atoms. The van der Waals surface area contributed by atoms with Crippen LogP contribution in [0.15, 0.2) is 29.2 Å². The molecule has 98 valence electrons. The zero-order valence-corrected chi connectivity index (χ0v) is 11.0. The Balaban J connectivity index is 2.17. The summed E-state index contributed by atoms with van der Waals surface area (Å²) in [7, 11) is 0. The van der Waals surface area contributed by atoms with Crippen molar-refractivity contribution in [2.24, 2.45) is 0 Å². The summed E-state index contributed by atoms with van der Waals surface area (Å²) >= 11 is 5.41. The van der Waals surface area contributed by atoms with Crippen molar-refractivity contribution in [3.05, 3.63) is 45.7 Å². The summed E-state index contributed by atoms with van der Waals surface area (Å²) in [5.41, 5.74) is 1.54. The Morgan fingerprint density at radius 3 is 2.89 bits per heavy atom. The number of benzene rings is 1. The lowest BCUT2D eigenvalue weighted by molar-refractivity contribution is 0.108. The molecule has 0 radical (unpaired) electrons. The van der Waals surface area contributed by atoms with Crippen LogP contribution in [0.3, 0.4) is 0 Å². The predicted molar refractivity (Wildman–Crippen MR) is 75.0 cm³/mol. The molecule has 0 bridgehead atoms. The van der Waals surface area contributed by atoms with E-state index in [1.165, 1.54) is 6.20 Å². The molecular formula is C14H13ClN2O2. The van der Waals surface area contributed by atoms with Gasteiger partial charge >= 0.3 is 0 Å². The molecule has 4 nitrogen and oxygen atoms in total. The Hall–Kier alpha value is -1.65. The van der Waals surface area contributed by atoms with E-state index in [-0.39, 0.29) is 11.0 Å². The second-order valence-electron chi connectivity index (χ2n) is 4.80. The minimum Gasteiger partial charge on any atom is -0.360 e. The predicted octanol–water partition coefficient (Wildman–Crippen LogP) is 1.98. The highest BCUT2D eigenvalue weighted by molar-refractivity contribution is 6.67. The van der Waals surface area contributed by atoms with Gasteiger partial charge in [0.1, 0.15) is 0 Å². The molecule has 0 aliphatic carbocycles. The number of carbonyl (C=O) groups excluding carboxylic acids is 1. The van der Waals surface area contributed by atoms with Gasteiger partial charge < -0.3 is 10.3 Å². The first kappa shape index (κ1) is 12.4. The smallest absolute Gasteiger partial charge is 0.257 e. The minimum absolute atomic E-state index is 0.00383. The quantitative estimate of drug-likeness (QED) is 0.825. The topological polar surface area (TPSA) is 62.0 Å². The van der Waals surface area contributed by atoms with Gasteiger partial charge in [-0.25, -0.2) is 0 Å². The van der Waals surface area contributed by atoms with Crippen molar-refractivity contribution in [3.63, 3.8) is 0 Å². The molecule has 3 rings (SSSR count). The number of aromatic nitrogens is 1. The molecule has 2 N–H and O–H groups in total. The van der Waals surface area contributed by atoms with E-state index < -0.39 is 5.24 Å². The van der Waals surface area contributed by atoms with E-state index >= 15 is 0 Å². The molecule has 1 aliphatic heterocycles. The van der Waals surface area contributed by atoms with E-state index in [0.29, 0.717) is 11.3 Å². The number of carbonyl (C=O) groups is 1. The molecule has 1 saturated heterocycles. The Labute approximate surface area is 114 Å². The lowest BCUT2D eigenvalue weighted by Gasteiger charge is -2.09. The largest absolute Gasteiger partial charge is 0.360 e. The lowest BCUT2D eigenvalue weighted by atomic mass is 9.96. The second kappa shape index (κ2) is 4.79. The van der Waals surface area contributed by atoms with Crippen molar-refractivity contribution in [1.82, 2.24) is 10.3 Å². The van der Waals surface area contributed by atoms with Gasteiger partial charge in [-0.3, -0.25) is 9.59 Å². The van der Waals surface area contributed by atoms with Crippen LogP contribution >= 0.6 is 11.6 Å². The average Bonchev–Trinajstić information content (AvgIpc) is 2.92. The molecule has 1 fully saturated rings. The number of H-pyrrole nitrogens is 1. The summed E-state index contributed by atoms with van der Waals surface area (Å²) in [6, 6.07) is 5.78. The molecule has 1 atom stereocenters. The fraction of sp³-hybridized carbons (Fsp3) is 0.286. The summed E-state index contributed by atoms with van der Waals surface area (Å²) < 4.78 is 0. The molecule has 1 aromatic carbocycles. The fourth-order valence-corrected chi connectivity index (χ4v) is 2.72. The maximum atomic E-state index is 12.2. The van der Waals surface area contributed by atoms with Crippen LogP contribution in [0.5, 0.6) is 0 Å². The molecule has 0 amide bonds. The molecule has 0 spiro atoms. The van der Waals surface area contributed by atoms with Crippen molar-refractivity contribution < 1.29 is 4.79 Å². The number of hydrogen-bond acceptors (Lipinski definition) is 3. The second-order valence-corrected chi connectivity index (χ2v) is 5.14. The van der Waals surface area contributed by atoms with Crippen molar-refractivity contribution in [2.45, 2.75) is 12.3 Å². The normalized spacial score (nSPS) is 18.9. The Bertz CT molecular complexity index is 702. The number of hydrogen-bond donors (Lipinski definition) is 2. The van der Waals surface area contributed by atoms with Gasteiger partial charge in [0.2, 0.25) is 5.43 Å². The number of aromatic amines is 1. The van der Waals surface area contributed by atoms with Gasteiger partial charge in [0.15, 0.2) is 0 Å². The van der Waals surface area contributed by atoms with Gasteiger partial charge in [-0.2, -0.15) is 0 Å². The van der Waals surface area contributed by atoms with Crippen molar-refractivity contribution in [2.75, 3.05) is 13.1 Å². The first-order chi connectivity index (χ1) is 9.16. The van der Waals surface area contributed by atoms with Crippen LogP contribution in [-0.2, 0) is 0 Å². The number of pyridine rings is 1. The first-order valence-corrected chi connectivity index (χ1v) is 6.60. The number of rotatable bonds is 2. The van der Waals surface area contributed by atoms with Gasteiger partial charge in [-0.1, -0.05) is 6.07 Å². The third-order valence-corrected chi connectivity index (χ3v) is 3.85. The Morgan fingerprint density at radius 2 is 2.21 bits per heavy atom. The van der Waals surface area contributed by atoms with Crippen molar-refractivity contribution >= 4 is 27.7 Å². The highest BCUT2D eigenvalue weighted by atomic mass is 35.5. The first-order valence-electron chi connectivity index (χ1n) is 6.22. The van der Waals surface area contributed by atoms with Gasteiger partial charge in [-0.05, 0) is 48.2 Å². The molecular weight excluding hydrogens is 264 g/mol. The highest BCUT2D eigenvalue weighted by Gasteiger charge is 2.18. The van der Waals surface area contributed by atoms with Crippen LogP contribution in [-0.4, -0.2) is 23.3 Å². The summed E-state index contributed by atoms with van der Waals surface area (Å²) in [5.74, 6) is 0.430.